The molecule has 2 fully saturated rings. The van der Waals surface area contributed by atoms with Crippen molar-refractivity contribution in [2.45, 2.75) is 37.6 Å². The predicted octanol–water partition coefficient (Wildman–Crippen LogP) is 3.67. The van der Waals surface area contributed by atoms with E-state index in [0.717, 1.165) is 54.9 Å². The molecule has 2 aliphatic heterocycles. The van der Waals surface area contributed by atoms with Crippen LogP contribution in [0.15, 0.2) is 51.9 Å². The molecule has 2 aromatic carbocycles. The van der Waals surface area contributed by atoms with E-state index in [1.807, 2.05) is 37.3 Å². The van der Waals surface area contributed by atoms with Crippen LogP contribution in [0.2, 0.25) is 0 Å². The van der Waals surface area contributed by atoms with Gasteiger partial charge in [0.05, 0.1) is 36.0 Å². The molecule has 3 heterocycles. The highest BCUT2D eigenvalue weighted by Gasteiger charge is 2.27. The minimum atomic E-state index is -3.55. The molecule has 5 rings (SSSR count). The van der Waals surface area contributed by atoms with Crippen LogP contribution in [-0.4, -0.2) is 62.3 Å². The maximum absolute atomic E-state index is 13.3. The van der Waals surface area contributed by atoms with Crippen LogP contribution in [0.25, 0.3) is 11.4 Å². The molecule has 3 aromatic rings. The van der Waals surface area contributed by atoms with Crippen LogP contribution < -0.4 is 10.2 Å². The summed E-state index contributed by atoms with van der Waals surface area (Å²) in [5, 5.41) is 7.46. The van der Waals surface area contributed by atoms with Gasteiger partial charge in [-0.3, -0.25) is 0 Å². The molecule has 0 spiro atoms. The van der Waals surface area contributed by atoms with Crippen molar-refractivity contribution in [2.24, 2.45) is 0 Å². The van der Waals surface area contributed by atoms with E-state index in [-0.39, 0.29) is 6.54 Å². The molecule has 0 amide bonds. The lowest BCUT2D eigenvalue weighted by atomic mass is 10.1. The Morgan fingerprint density at radius 2 is 1.71 bits per heavy atom. The van der Waals surface area contributed by atoms with Crippen LogP contribution in [0.3, 0.4) is 0 Å². The van der Waals surface area contributed by atoms with Crippen LogP contribution in [0.1, 0.15) is 30.7 Å². The summed E-state index contributed by atoms with van der Waals surface area (Å²) in [5.41, 5.74) is 3.70. The van der Waals surface area contributed by atoms with Crippen molar-refractivity contribution < 1.29 is 17.7 Å². The summed E-state index contributed by atoms with van der Waals surface area (Å²) < 4.78 is 39.2. The Morgan fingerprint density at radius 1 is 0.971 bits per heavy atom. The number of rotatable bonds is 7. The molecule has 0 unspecified atom stereocenters. The van der Waals surface area contributed by atoms with E-state index in [1.54, 1.807) is 16.4 Å². The zero-order chi connectivity index (χ0) is 24.3. The topological polar surface area (TPSA) is 101 Å². The Bertz CT molecular complexity index is 1250. The maximum Gasteiger partial charge on any atom is 0.246 e. The molecule has 35 heavy (non-hydrogen) atoms. The highest BCUT2D eigenvalue weighted by molar-refractivity contribution is 7.89. The lowest BCUT2D eigenvalue weighted by molar-refractivity contribution is 0.123. The molecular weight excluding hydrogens is 466 g/mol. The van der Waals surface area contributed by atoms with E-state index in [9.17, 15) is 8.42 Å². The van der Waals surface area contributed by atoms with Gasteiger partial charge in [0.2, 0.25) is 21.7 Å². The van der Waals surface area contributed by atoms with Gasteiger partial charge in [-0.15, -0.1) is 0 Å². The van der Waals surface area contributed by atoms with Gasteiger partial charge in [0.15, 0.2) is 0 Å². The number of nitrogens with zero attached hydrogens (tertiary/aromatic N) is 4. The first-order valence-corrected chi connectivity index (χ1v) is 13.5. The number of sulfonamides is 1. The molecular formula is C25H31N5O4S. The SMILES string of the molecule is Cc1ccc(-c2noc(CNc3cc(S(=O)(=O)N4CCCCC4)ccc3N3CCOCC3)n2)cc1. The Hall–Kier alpha value is -2.95. The van der Waals surface area contributed by atoms with Crippen molar-refractivity contribution in [3.8, 4) is 11.4 Å². The van der Waals surface area contributed by atoms with Crippen LogP contribution in [0.5, 0.6) is 0 Å². The van der Waals surface area contributed by atoms with E-state index in [4.69, 9.17) is 9.26 Å². The van der Waals surface area contributed by atoms with Gasteiger partial charge in [-0.2, -0.15) is 9.29 Å². The zero-order valence-electron chi connectivity index (χ0n) is 19.9. The second kappa shape index (κ2) is 10.3. The van der Waals surface area contributed by atoms with Crippen molar-refractivity contribution in [3.05, 3.63) is 53.9 Å². The number of hydrogen-bond donors (Lipinski definition) is 1. The first kappa shape index (κ1) is 23.8. The lowest BCUT2D eigenvalue weighted by Gasteiger charge is -2.31. The Balaban J connectivity index is 1.39. The number of anilines is 2. The Kier molecular flexibility index (Phi) is 7.03. The number of ether oxygens (including phenoxy) is 1. The molecule has 0 bridgehead atoms. The quantitative estimate of drug-likeness (QED) is 0.528. The van der Waals surface area contributed by atoms with E-state index in [1.165, 1.54) is 0 Å². The van der Waals surface area contributed by atoms with Gasteiger partial charge in [-0.05, 0) is 38.0 Å². The normalized spacial score (nSPS) is 17.5. The maximum atomic E-state index is 13.3. The summed E-state index contributed by atoms with van der Waals surface area (Å²) in [6.07, 6.45) is 2.87. The van der Waals surface area contributed by atoms with Crippen LogP contribution in [0, 0.1) is 6.92 Å². The number of benzene rings is 2. The fraction of sp³-hybridized carbons (Fsp3) is 0.440. The molecule has 186 valence electrons. The van der Waals surface area contributed by atoms with Gasteiger partial charge in [-0.1, -0.05) is 41.4 Å². The first-order chi connectivity index (χ1) is 17.0. The Morgan fingerprint density at radius 3 is 2.46 bits per heavy atom. The average molecular weight is 498 g/mol. The van der Waals surface area contributed by atoms with Crippen LogP contribution in [0.4, 0.5) is 11.4 Å². The van der Waals surface area contributed by atoms with Gasteiger partial charge in [0, 0.05) is 31.7 Å². The summed E-state index contributed by atoms with van der Waals surface area (Å²) in [6.45, 7) is 6.20. The van der Waals surface area contributed by atoms with E-state index < -0.39 is 10.0 Å². The van der Waals surface area contributed by atoms with E-state index in [0.29, 0.717) is 42.9 Å². The number of morpholine rings is 1. The standard InChI is InChI=1S/C25H31N5O4S/c1-19-5-7-20(8-6-19)25-27-24(34-28-25)18-26-22-17-21(35(31,32)30-11-3-2-4-12-30)9-10-23(22)29-13-15-33-16-14-29/h5-10,17,26H,2-4,11-16,18H2,1H3. The summed E-state index contributed by atoms with van der Waals surface area (Å²) >= 11 is 0. The van der Waals surface area contributed by atoms with Crippen LogP contribution >= 0.6 is 0 Å². The first-order valence-electron chi connectivity index (χ1n) is 12.1. The summed E-state index contributed by atoms with van der Waals surface area (Å²) in [4.78, 5) is 7.01. The molecule has 1 N–H and O–H groups in total. The smallest absolute Gasteiger partial charge is 0.246 e. The second-order valence-corrected chi connectivity index (χ2v) is 10.9. The average Bonchev–Trinajstić information content (AvgIpc) is 3.38. The number of nitrogens with one attached hydrogen (secondary N) is 1. The molecule has 2 saturated heterocycles. The molecule has 10 heteroatoms. The Labute approximate surface area is 206 Å². The highest BCUT2D eigenvalue weighted by Crippen LogP contribution is 2.32. The van der Waals surface area contributed by atoms with Crippen molar-refractivity contribution >= 4 is 21.4 Å². The molecule has 2 aliphatic rings. The van der Waals surface area contributed by atoms with E-state index >= 15 is 0 Å². The zero-order valence-corrected chi connectivity index (χ0v) is 20.8. The molecule has 1 aromatic heterocycles. The fourth-order valence-electron chi connectivity index (χ4n) is 4.47. The fourth-order valence-corrected chi connectivity index (χ4v) is 6.01. The largest absolute Gasteiger partial charge is 0.378 e. The molecule has 0 saturated carbocycles. The predicted molar refractivity (Wildman–Crippen MR) is 134 cm³/mol. The molecule has 9 nitrogen and oxygen atoms in total. The molecule has 0 aliphatic carbocycles. The third kappa shape index (κ3) is 5.34. The van der Waals surface area contributed by atoms with E-state index in [2.05, 4.69) is 20.4 Å². The lowest BCUT2D eigenvalue weighted by Crippen LogP contribution is -2.37. The number of aryl methyl sites for hydroxylation is 1. The van der Waals surface area contributed by atoms with Gasteiger partial charge < -0.3 is 19.5 Å². The van der Waals surface area contributed by atoms with Gasteiger partial charge in [-0.25, -0.2) is 8.42 Å². The van der Waals surface area contributed by atoms with Crippen molar-refractivity contribution in [1.29, 1.82) is 0 Å². The van der Waals surface area contributed by atoms with Crippen molar-refractivity contribution in [2.75, 3.05) is 49.6 Å². The third-order valence-corrected chi connectivity index (χ3v) is 8.38. The van der Waals surface area contributed by atoms with Gasteiger partial charge in [0.1, 0.15) is 0 Å². The minimum Gasteiger partial charge on any atom is -0.378 e. The monoisotopic (exact) mass is 497 g/mol. The molecule has 0 atom stereocenters. The minimum absolute atomic E-state index is 0.281. The van der Waals surface area contributed by atoms with Gasteiger partial charge in [0.25, 0.3) is 0 Å². The number of aromatic nitrogens is 2. The highest BCUT2D eigenvalue weighted by atomic mass is 32.2. The second-order valence-electron chi connectivity index (χ2n) is 8.97. The van der Waals surface area contributed by atoms with Crippen LogP contribution in [-0.2, 0) is 21.3 Å². The van der Waals surface area contributed by atoms with Crippen molar-refractivity contribution in [1.82, 2.24) is 14.4 Å². The molecule has 0 radical (unpaired) electrons. The summed E-state index contributed by atoms with van der Waals surface area (Å²) in [6, 6.07) is 13.3. The van der Waals surface area contributed by atoms with Gasteiger partial charge >= 0.3 is 0 Å². The number of piperidine rings is 1. The summed E-state index contributed by atoms with van der Waals surface area (Å²) in [5.74, 6) is 0.953. The number of hydrogen-bond acceptors (Lipinski definition) is 8. The van der Waals surface area contributed by atoms with Crippen molar-refractivity contribution in [3.63, 3.8) is 0 Å². The third-order valence-electron chi connectivity index (χ3n) is 6.48. The summed E-state index contributed by atoms with van der Waals surface area (Å²) in [7, 11) is -3.55.